The molecule has 0 atom stereocenters. The van der Waals surface area contributed by atoms with Crippen LogP contribution in [0, 0.1) is 10.1 Å². The first-order valence-electron chi connectivity index (χ1n) is 8.11. The zero-order chi connectivity index (χ0) is 19.6. The first-order chi connectivity index (χ1) is 13.0. The predicted molar refractivity (Wildman–Crippen MR) is 97.4 cm³/mol. The topological polar surface area (TPSA) is 100 Å². The van der Waals surface area contributed by atoms with Crippen molar-refractivity contribution in [2.45, 2.75) is 6.92 Å². The highest BCUT2D eigenvalue weighted by atomic mass is 16.6. The van der Waals surface area contributed by atoms with Gasteiger partial charge in [-0.15, -0.1) is 0 Å². The van der Waals surface area contributed by atoms with E-state index in [0.717, 1.165) is 0 Å². The molecule has 138 valence electrons. The molecule has 0 radical (unpaired) electrons. The highest BCUT2D eigenvalue weighted by Crippen LogP contribution is 2.37. The van der Waals surface area contributed by atoms with E-state index in [4.69, 9.17) is 9.47 Å². The van der Waals surface area contributed by atoms with Crippen molar-refractivity contribution in [3.05, 3.63) is 64.0 Å². The SMILES string of the molecule is CCOC(=O)c1c(-c2ccc(OC)c([N+](=O)[O-])c2)c(C=O)n2ccccc12. The van der Waals surface area contributed by atoms with Gasteiger partial charge >= 0.3 is 11.7 Å². The van der Waals surface area contributed by atoms with Gasteiger partial charge in [0.15, 0.2) is 12.0 Å². The van der Waals surface area contributed by atoms with Gasteiger partial charge in [0.25, 0.3) is 0 Å². The number of carbonyl (C=O) groups is 2. The minimum Gasteiger partial charge on any atom is -0.490 e. The number of hydrogen-bond acceptors (Lipinski definition) is 6. The Labute approximate surface area is 154 Å². The Kier molecular flexibility index (Phi) is 4.89. The number of aldehydes is 1. The fourth-order valence-electron chi connectivity index (χ4n) is 3.04. The van der Waals surface area contributed by atoms with E-state index in [9.17, 15) is 19.7 Å². The Hall–Kier alpha value is -3.68. The van der Waals surface area contributed by atoms with E-state index < -0.39 is 10.9 Å². The van der Waals surface area contributed by atoms with Crippen LogP contribution in [0.25, 0.3) is 16.6 Å². The van der Waals surface area contributed by atoms with Crippen LogP contribution in [-0.4, -0.2) is 35.3 Å². The van der Waals surface area contributed by atoms with Crippen LogP contribution >= 0.6 is 0 Å². The second kappa shape index (κ2) is 7.28. The molecule has 3 rings (SSSR count). The van der Waals surface area contributed by atoms with Gasteiger partial charge in [-0.25, -0.2) is 4.79 Å². The number of hydrogen-bond donors (Lipinski definition) is 0. The molecule has 1 aromatic carbocycles. The Morgan fingerprint density at radius 2 is 2.07 bits per heavy atom. The number of fused-ring (bicyclic) bond motifs is 1. The lowest BCUT2D eigenvalue weighted by Crippen LogP contribution is -2.06. The Balaban J connectivity index is 2.38. The fraction of sp³-hybridized carbons (Fsp3) is 0.158. The number of carbonyl (C=O) groups excluding carboxylic acids is 2. The van der Waals surface area contributed by atoms with Crippen molar-refractivity contribution in [3.63, 3.8) is 0 Å². The number of pyridine rings is 1. The molecule has 0 aliphatic heterocycles. The minimum atomic E-state index is -0.609. The summed E-state index contributed by atoms with van der Waals surface area (Å²) in [5, 5.41) is 11.4. The Morgan fingerprint density at radius 1 is 1.30 bits per heavy atom. The molecule has 2 heterocycles. The summed E-state index contributed by atoms with van der Waals surface area (Å²) >= 11 is 0. The van der Waals surface area contributed by atoms with E-state index in [1.807, 2.05) is 0 Å². The predicted octanol–water partition coefficient (Wildman–Crippen LogP) is 3.51. The van der Waals surface area contributed by atoms with Crippen LogP contribution in [-0.2, 0) is 4.74 Å². The number of esters is 1. The lowest BCUT2D eigenvalue weighted by atomic mass is 10.00. The fourth-order valence-corrected chi connectivity index (χ4v) is 3.04. The van der Waals surface area contributed by atoms with Gasteiger partial charge in [0.1, 0.15) is 0 Å². The van der Waals surface area contributed by atoms with E-state index in [2.05, 4.69) is 0 Å². The summed E-state index contributed by atoms with van der Waals surface area (Å²) in [4.78, 5) is 35.2. The summed E-state index contributed by atoms with van der Waals surface area (Å²) in [5.74, 6) is -0.527. The molecule has 3 aromatic rings. The van der Waals surface area contributed by atoms with Gasteiger partial charge in [0.2, 0.25) is 0 Å². The smallest absolute Gasteiger partial charge is 0.340 e. The molecule has 0 amide bonds. The van der Waals surface area contributed by atoms with Crippen LogP contribution < -0.4 is 4.74 Å². The third-order valence-corrected chi connectivity index (χ3v) is 4.14. The molecule has 0 saturated carbocycles. The van der Waals surface area contributed by atoms with Crippen molar-refractivity contribution in [2.75, 3.05) is 13.7 Å². The molecule has 0 fully saturated rings. The lowest BCUT2D eigenvalue weighted by molar-refractivity contribution is -0.385. The first-order valence-corrected chi connectivity index (χ1v) is 8.11. The molecule has 8 heteroatoms. The zero-order valence-electron chi connectivity index (χ0n) is 14.7. The second-order valence-electron chi connectivity index (χ2n) is 5.57. The van der Waals surface area contributed by atoms with Gasteiger partial charge in [-0.05, 0) is 30.7 Å². The maximum Gasteiger partial charge on any atom is 0.340 e. The van der Waals surface area contributed by atoms with Crippen molar-refractivity contribution < 1.29 is 24.0 Å². The number of nitro benzene ring substituents is 1. The Bertz CT molecular complexity index is 1050. The maximum atomic E-state index is 12.6. The van der Waals surface area contributed by atoms with Crippen molar-refractivity contribution in [1.29, 1.82) is 0 Å². The molecule has 0 aliphatic carbocycles. The summed E-state index contributed by atoms with van der Waals surface area (Å²) in [6, 6.07) is 9.40. The van der Waals surface area contributed by atoms with E-state index >= 15 is 0 Å². The third-order valence-electron chi connectivity index (χ3n) is 4.14. The number of methoxy groups -OCH3 is 1. The number of rotatable bonds is 6. The lowest BCUT2D eigenvalue weighted by Gasteiger charge is -2.07. The van der Waals surface area contributed by atoms with Crippen LogP contribution in [0.15, 0.2) is 42.6 Å². The average Bonchev–Trinajstić information content (AvgIpc) is 3.02. The first kappa shape index (κ1) is 18.1. The summed E-state index contributed by atoms with van der Waals surface area (Å²) in [5.41, 5.74) is 1.22. The van der Waals surface area contributed by atoms with E-state index in [-0.39, 0.29) is 34.9 Å². The van der Waals surface area contributed by atoms with Crippen LogP contribution in [0.3, 0.4) is 0 Å². The van der Waals surface area contributed by atoms with Crippen LogP contribution in [0.5, 0.6) is 5.75 Å². The number of benzene rings is 1. The Morgan fingerprint density at radius 3 is 2.70 bits per heavy atom. The number of ether oxygens (including phenoxy) is 2. The molecule has 8 nitrogen and oxygen atoms in total. The maximum absolute atomic E-state index is 12.6. The molecule has 0 aliphatic rings. The summed E-state index contributed by atoms with van der Waals surface area (Å²) in [6.45, 7) is 1.83. The van der Waals surface area contributed by atoms with Gasteiger partial charge < -0.3 is 13.9 Å². The van der Waals surface area contributed by atoms with Crippen LogP contribution in [0.4, 0.5) is 5.69 Å². The molecular weight excluding hydrogens is 352 g/mol. The molecule has 27 heavy (non-hydrogen) atoms. The third kappa shape index (κ3) is 3.01. The monoisotopic (exact) mass is 368 g/mol. The quantitative estimate of drug-likeness (QED) is 0.286. The van der Waals surface area contributed by atoms with E-state index in [0.29, 0.717) is 17.4 Å². The second-order valence-corrected chi connectivity index (χ2v) is 5.57. The average molecular weight is 368 g/mol. The van der Waals surface area contributed by atoms with Gasteiger partial charge in [0, 0.05) is 17.8 Å². The molecule has 2 aromatic heterocycles. The molecule has 0 saturated heterocycles. The van der Waals surface area contributed by atoms with E-state index in [1.165, 1.54) is 19.2 Å². The summed E-state index contributed by atoms with van der Waals surface area (Å²) in [6.07, 6.45) is 2.25. The van der Waals surface area contributed by atoms with Gasteiger partial charge in [0.05, 0.1) is 35.4 Å². The van der Waals surface area contributed by atoms with Crippen molar-refractivity contribution in [2.24, 2.45) is 0 Å². The number of nitrogens with zero attached hydrogens (tertiary/aromatic N) is 2. The zero-order valence-corrected chi connectivity index (χ0v) is 14.7. The largest absolute Gasteiger partial charge is 0.490 e. The molecule has 0 unspecified atom stereocenters. The number of aromatic nitrogens is 1. The molecule has 0 N–H and O–H groups in total. The van der Waals surface area contributed by atoms with Gasteiger partial charge in [-0.2, -0.15) is 0 Å². The standard InChI is InChI=1S/C19H16N2O6/c1-3-27-19(23)18-13-6-4-5-9-20(13)15(11-22)17(18)12-7-8-16(26-2)14(10-12)21(24)25/h4-11H,3H2,1-2H3. The van der Waals surface area contributed by atoms with Gasteiger partial charge in [-0.1, -0.05) is 12.1 Å². The van der Waals surface area contributed by atoms with Gasteiger partial charge in [-0.3, -0.25) is 14.9 Å². The normalized spacial score (nSPS) is 10.6. The molecule has 0 bridgehead atoms. The van der Waals surface area contributed by atoms with Crippen molar-refractivity contribution >= 4 is 23.5 Å². The highest BCUT2D eigenvalue weighted by Gasteiger charge is 2.27. The van der Waals surface area contributed by atoms with E-state index in [1.54, 1.807) is 41.8 Å². The molecular formula is C19H16N2O6. The summed E-state index contributed by atoms with van der Waals surface area (Å²) < 4.78 is 11.7. The van der Waals surface area contributed by atoms with Crippen LogP contribution in [0.2, 0.25) is 0 Å². The number of nitro groups is 1. The molecule has 0 spiro atoms. The van der Waals surface area contributed by atoms with Crippen molar-refractivity contribution in [1.82, 2.24) is 4.40 Å². The highest BCUT2D eigenvalue weighted by molar-refractivity contribution is 6.09. The summed E-state index contributed by atoms with van der Waals surface area (Å²) in [7, 11) is 1.33. The van der Waals surface area contributed by atoms with Crippen LogP contribution in [0.1, 0.15) is 27.8 Å². The van der Waals surface area contributed by atoms with Crippen molar-refractivity contribution in [3.8, 4) is 16.9 Å². The minimum absolute atomic E-state index is 0.0813.